The summed E-state index contributed by atoms with van der Waals surface area (Å²) < 4.78 is 7.86. The number of carbonyl (C=O) groups excluding carboxylic acids is 1. The summed E-state index contributed by atoms with van der Waals surface area (Å²) in [4.78, 5) is 29.1. The number of hydrogen-bond donors (Lipinski definition) is 1. The van der Waals surface area contributed by atoms with Crippen molar-refractivity contribution in [2.24, 2.45) is 5.73 Å². The number of nitrogens with zero attached hydrogens (tertiary/aromatic N) is 2. The zero-order valence-corrected chi connectivity index (χ0v) is 17.0. The predicted octanol–water partition coefficient (Wildman–Crippen LogP) is 3.23. The van der Waals surface area contributed by atoms with Gasteiger partial charge in [-0.3, -0.25) is 14.6 Å². The van der Waals surface area contributed by atoms with E-state index in [0.717, 1.165) is 21.3 Å². The van der Waals surface area contributed by atoms with E-state index in [9.17, 15) is 9.59 Å². The van der Waals surface area contributed by atoms with Crippen molar-refractivity contribution in [2.45, 2.75) is 26.6 Å². The van der Waals surface area contributed by atoms with Crippen molar-refractivity contribution in [2.75, 3.05) is 0 Å². The van der Waals surface area contributed by atoms with E-state index in [1.165, 1.54) is 10.6 Å². The fourth-order valence-corrected chi connectivity index (χ4v) is 3.00. The van der Waals surface area contributed by atoms with E-state index < -0.39 is 0 Å². The maximum absolute atomic E-state index is 12.6. The Balaban J connectivity index is 1.67. The van der Waals surface area contributed by atoms with Crippen LogP contribution in [0.5, 0.6) is 5.75 Å². The number of benzene rings is 1. The number of carbonyl (C=O) groups is 1. The van der Waals surface area contributed by atoms with Gasteiger partial charge in [0.1, 0.15) is 12.4 Å². The van der Waals surface area contributed by atoms with Crippen LogP contribution in [0, 0.1) is 6.92 Å². The van der Waals surface area contributed by atoms with Crippen LogP contribution in [0.15, 0.2) is 64.1 Å². The third kappa shape index (κ3) is 4.94. The largest absolute Gasteiger partial charge is 0.487 e. The van der Waals surface area contributed by atoms with Gasteiger partial charge in [0.15, 0.2) is 5.78 Å². The third-order valence-corrected chi connectivity index (χ3v) is 4.75. The highest BCUT2D eigenvalue weighted by molar-refractivity contribution is 9.10. The van der Waals surface area contributed by atoms with E-state index in [2.05, 4.69) is 20.9 Å². The van der Waals surface area contributed by atoms with Gasteiger partial charge in [0.2, 0.25) is 0 Å². The molecular weight excluding hydrogens is 422 g/mol. The standard InChI is InChI=1S/C21H20BrN3O3/c1-14-8-15(10-23)2-5-19(14)20(26)12-25-7-6-18(9-21(25)27)28-13-17-4-3-16(22)11-24-17/h2-9,11H,10,12-13,23H2,1H3. The molecule has 2 aromatic heterocycles. The molecule has 0 unspecified atom stereocenters. The molecule has 0 aliphatic rings. The summed E-state index contributed by atoms with van der Waals surface area (Å²) >= 11 is 3.33. The highest BCUT2D eigenvalue weighted by Crippen LogP contribution is 2.14. The summed E-state index contributed by atoms with van der Waals surface area (Å²) in [6.07, 6.45) is 3.25. The highest BCUT2D eigenvalue weighted by atomic mass is 79.9. The van der Waals surface area contributed by atoms with Gasteiger partial charge in [-0.1, -0.05) is 18.2 Å². The molecule has 2 heterocycles. The number of aromatic nitrogens is 2. The molecule has 0 radical (unpaired) electrons. The molecule has 0 spiro atoms. The van der Waals surface area contributed by atoms with Crippen molar-refractivity contribution < 1.29 is 9.53 Å². The highest BCUT2D eigenvalue weighted by Gasteiger charge is 2.11. The Morgan fingerprint density at radius 2 is 2.04 bits per heavy atom. The molecule has 28 heavy (non-hydrogen) atoms. The summed E-state index contributed by atoms with van der Waals surface area (Å²) in [5.41, 5.74) is 8.48. The van der Waals surface area contributed by atoms with Gasteiger partial charge in [-0.15, -0.1) is 0 Å². The summed E-state index contributed by atoms with van der Waals surface area (Å²) in [5.74, 6) is 0.304. The van der Waals surface area contributed by atoms with Gasteiger partial charge in [-0.05, 0) is 52.2 Å². The van der Waals surface area contributed by atoms with Gasteiger partial charge in [-0.25, -0.2) is 0 Å². The quantitative estimate of drug-likeness (QED) is 0.568. The summed E-state index contributed by atoms with van der Waals surface area (Å²) in [6, 6.07) is 12.2. The SMILES string of the molecule is Cc1cc(CN)ccc1C(=O)Cn1ccc(OCc2ccc(Br)cn2)cc1=O. The molecule has 1 aromatic carbocycles. The fraction of sp³-hybridized carbons (Fsp3) is 0.190. The molecular formula is C21H20BrN3O3. The van der Waals surface area contributed by atoms with Crippen molar-refractivity contribution in [3.63, 3.8) is 0 Å². The van der Waals surface area contributed by atoms with Crippen LogP contribution >= 0.6 is 15.9 Å². The van der Waals surface area contributed by atoms with Crippen molar-refractivity contribution >= 4 is 21.7 Å². The molecule has 7 heteroatoms. The molecule has 0 atom stereocenters. The van der Waals surface area contributed by atoms with Gasteiger partial charge in [0, 0.05) is 35.0 Å². The molecule has 3 rings (SSSR count). The smallest absolute Gasteiger partial charge is 0.254 e. The zero-order chi connectivity index (χ0) is 20.1. The van der Waals surface area contributed by atoms with Crippen LogP contribution in [-0.2, 0) is 19.7 Å². The Labute approximate surface area is 171 Å². The lowest BCUT2D eigenvalue weighted by molar-refractivity contribution is 0.0970. The van der Waals surface area contributed by atoms with Crippen molar-refractivity contribution in [3.8, 4) is 5.75 Å². The van der Waals surface area contributed by atoms with Gasteiger partial charge in [-0.2, -0.15) is 0 Å². The molecule has 2 N–H and O–H groups in total. The molecule has 6 nitrogen and oxygen atoms in total. The number of rotatable bonds is 7. The van der Waals surface area contributed by atoms with Crippen LogP contribution in [0.1, 0.15) is 27.2 Å². The van der Waals surface area contributed by atoms with Crippen LogP contribution in [0.25, 0.3) is 0 Å². The average Bonchev–Trinajstić information content (AvgIpc) is 2.69. The van der Waals surface area contributed by atoms with E-state index in [4.69, 9.17) is 10.5 Å². The van der Waals surface area contributed by atoms with Gasteiger partial charge < -0.3 is 15.0 Å². The Kier molecular flexibility index (Phi) is 6.38. The minimum Gasteiger partial charge on any atom is -0.487 e. The molecule has 0 amide bonds. The number of ether oxygens (including phenoxy) is 1. The van der Waals surface area contributed by atoms with E-state index in [0.29, 0.717) is 17.9 Å². The molecule has 144 valence electrons. The fourth-order valence-electron chi connectivity index (χ4n) is 2.76. The molecule has 0 saturated heterocycles. The van der Waals surface area contributed by atoms with Crippen LogP contribution in [0.2, 0.25) is 0 Å². The number of ketones is 1. The minimum absolute atomic E-state index is 0.0316. The van der Waals surface area contributed by atoms with Crippen molar-refractivity contribution in [1.29, 1.82) is 0 Å². The number of halogens is 1. The molecule has 0 aliphatic carbocycles. The van der Waals surface area contributed by atoms with Crippen molar-refractivity contribution in [1.82, 2.24) is 9.55 Å². The maximum Gasteiger partial charge on any atom is 0.254 e. The Morgan fingerprint density at radius 3 is 2.68 bits per heavy atom. The molecule has 0 fully saturated rings. The first kappa shape index (κ1) is 20.0. The van der Waals surface area contributed by atoms with Crippen molar-refractivity contribution in [3.05, 3.63) is 92.1 Å². The van der Waals surface area contributed by atoms with E-state index in [-0.39, 0.29) is 24.5 Å². The van der Waals surface area contributed by atoms with Gasteiger partial charge in [0.25, 0.3) is 5.56 Å². The number of pyridine rings is 2. The van der Waals surface area contributed by atoms with Gasteiger partial charge >= 0.3 is 0 Å². The Morgan fingerprint density at radius 1 is 1.21 bits per heavy atom. The van der Waals surface area contributed by atoms with E-state index in [1.54, 1.807) is 24.5 Å². The Hall–Kier alpha value is -2.77. The molecule has 0 aliphatic heterocycles. The summed E-state index contributed by atoms with van der Waals surface area (Å²) in [7, 11) is 0. The first-order valence-electron chi connectivity index (χ1n) is 8.73. The third-order valence-electron chi connectivity index (χ3n) is 4.28. The number of nitrogens with two attached hydrogens (primary N) is 1. The van der Waals surface area contributed by atoms with Gasteiger partial charge in [0.05, 0.1) is 12.2 Å². The normalized spacial score (nSPS) is 10.7. The Bertz CT molecular complexity index is 1050. The van der Waals surface area contributed by atoms with E-state index >= 15 is 0 Å². The second-order valence-electron chi connectivity index (χ2n) is 6.36. The zero-order valence-electron chi connectivity index (χ0n) is 15.4. The lowest BCUT2D eigenvalue weighted by Gasteiger charge is -2.10. The number of Topliss-reactive ketones (excluding diaryl/α,β-unsaturated/α-hetero) is 1. The summed E-state index contributed by atoms with van der Waals surface area (Å²) in [6.45, 7) is 2.51. The summed E-state index contributed by atoms with van der Waals surface area (Å²) in [5, 5.41) is 0. The van der Waals surface area contributed by atoms with E-state index in [1.807, 2.05) is 31.2 Å². The first-order valence-corrected chi connectivity index (χ1v) is 9.52. The lowest BCUT2D eigenvalue weighted by atomic mass is 10.0. The second kappa shape index (κ2) is 8.95. The second-order valence-corrected chi connectivity index (χ2v) is 7.28. The predicted molar refractivity (Wildman–Crippen MR) is 110 cm³/mol. The molecule has 0 bridgehead atoms. The topological polar surface area (TPSA) is 87.2 Å². The first-order chi connectivity index (χ1) is 13.5. The molecule has 3 aromatic rings. The lowest BCUT2D eigenvalue weighted by Crippen LogP contribution is -2.23. The number of hydrogen-bond acceptors (Lipinski definition) is 5. The maximum atomic E-state index is 12.6. The van der Waals surface area contributed by atoms with Crippen LogP contribution in [0.4, 0.5) is 0 Å². The minimum atomic E-state index is -0.300. The number of aryl methyl sites for hydroxylation is 1. The monoisotopic (exact) mass is 441 g/mol. The molecule has 0 saturated carbocycles. The van der Waals surface area contributed by atoms with Crippen LogP contribution in [-0.4, -0.2) is 15.3 Å². The van der Waals surface area contributed by atoms with Crippen LogP contribution < -0.4 is 16.0 Å². The van der Waals surface area contributed by atoms with Crippen LogP contribution in [0.3, 0.4) is 0 Å². The average molecular weight is 442 g/mol.